The van der Waals surface area contributed by atoms with E-state index < -0.39 is 0 Å². The van der Waals surface area contributed by atoms with Gasteiger partial charge in [0.1, 0.15) is 5.75 Å². The highest BCUT2D eigenvalue weighted by atomic mass is 16.3. The van der Waals surface area contributed by atoms with E-state index in [-0.39, 0.29) is 17.6 Å². The number of anilines is 1. The van der Waals surface area contributed by atoms with E-state index in [9.17, 15) is 9.90 Å². The Kier molecular flexibility index (Phi) is 4.41. The van der Waals surface area contributed by atoms with Gasteiger partial charge in [-0.1, -0.05) is 37.3 Å². The molecule has 2 aromatic carbocycles. The number of phenolic OH excluding ortho intramolecular Hbond substituents is 1. The summed E-state index contributed by atoms with van der Waals surface area (Å²) in [7, 11) is 1.76. The first-order valence-corrected chi connectivity index (χ1v) is 6.75. The molecule has 0 spiro atoms. The van der Waals surface area contributed by atoms with Crippen LogP contribution >= 0.6 is 0 Å². The van der Waals surface area contributed by atoms with Crippen molar-refractivity contribution in [3.8, 4) is 5.75 Å². The Labute approximate surface area is 119 Å². The molecule has 0 heterocycles. The van der Waals surface area contributed by atoms with Crippen molar-refractivity contribution in [3.63, 3.8) is 0 Å². The molecule has 0 fully saturated rings. The molecule has 0 saturated heterocycles. The fourth-order valence-corrected chi connectivity index (χ4v) is 2.28. The third kappa shape index (κ3) is 2.99. The molecule has 0 aromatic heterocycles. The average molecular weight is 269 g/mol. The van der Waals surface area contributed by atoms with Gasteiger partial charge in [0, 0.05) is 12.7 Å². The SMILES string of the molecule is CCC(C(=O)N(C)c1ccc(O)cc1)c1ccccc1. The molecule has 1 N–H and O–H groups in total. The lowest BCUT2D eigenvalue weighted by Crippen LogP contribution is -2.31. The molecule has 0 bridgehead atoms. The number of carbonyl (C=O) groups excluding carboxylic acids is 1. The topological polar surface area (TPSA) is 40.5 Å². The van der Waals surface area contributed by atoms with Crippen LogP contribution in [0, 0.1) is 0 Å². The van der Waals surface area contributed by atoms with E-state index in [1.54, 1.807) is 36.2 Å². The van der Waals surface area contributed by atoms with Gasteiger partial charge in [-0.05, 0) is 36.2 Å². The Morgan fingerprint density at radius 1 is 1.10 bits per heavy atom. The van der Waals surface area contributed by atoms with Crippen molar-refractivity contribution in [2.24, 2.45) is 0 Å². The minimum atomic E-state index is -0.144. The molecular weight excluding hydrogens is 250 g/mol. The minimum absolute atomic E-state index is 0.0596. The smallest absolute Gasteiger partial charge is 0.234 e. The standard InChI is InChI=1S/C17H19NO2/c1-3-16(13-7-5-4-6-8-13)17(20)18(2)14-9-11-15(19)12-10-14/h4-12,16,19H,3H2,1-2H3. The van der Waals surface area contributed by atoms with Gasteiger partial charge in [-0.2, -0.15) is 0 Å². The molecule has 104 valence electrons. The Hall–Kier alpha value is -2.29. The molecule has 0 aliphatic rings. The molecule has 2 aromatic rings. The van der Waals surface area contributed by atoms with Gasteiger partial charge in [0.2, 0.25) is 5.91 Å². The zero-order valence-electron chi connectivity index (χ0n) is 11.8. The number of hydrogen-bond donors (Lipinski definition) is 1. The summed E-state index contributed by atoms with van der Waals surface area (Å²) in [5.74, 6) is 0.115. The first-order chi connectivity index (χ1) is 9.63. The van der Waals surface area contributed by atoms with E-state index in [1.807, 2.05) is 37.3 Å². The van der Waals surface area contributed by atoms with Crippen LogP contribution in [0.4, 0.5) is 5.69 Å². The normalized spacial score (nSPS) is 11.9. The van der Waals surface area contributed by atoms with Crippen molar-refractivity contribution < 1.29 is 9.90 Å². The summed E-state index contributed by atoms with van der Waals surface area (Å²) in [6, 6.07) is 16.5. The summed E-state index contributed by atoms with van der Waals surface area (Å²) >= 11 is 0. The van der Waals surface area contributed by atoms with Crippen molar-refractivity contribution in [2.75, 3.05) is 11.9 Å². The van der Waals surface area contributed by atoms with Gasteiger partial charge in [0.25, 0.3) is 0 Å². The van der Waals surface area contributed by atoms with Crippen LogP contribution in [0.15, 0.2) is 54.6 Å². The summed E-state index contributed by atoms with van der Waals surface area (Å²) in [6.07, 6.45) is 0.755. The van der Waals surface area contributed by atoms with Crippen molar-refractivity contribution >= 4 is 11.6 Å². The van der Waals surface area contributed by atoms with Crippen LogP contribution in [-0.2, 0) is 4.79 Å². The molecule has 20 heavy (non-hydrogen) atoms. The lowest BCUT2D eigenvalue weighted by atomic mass is 9.95. The molecule has 3 nitrogen and oxygen atoms in total. The number of hydrogen-bond acceptors (Lipinski definition) is 2. The second kappa shape index (κ2) is 6.24. The number of aromatic hydroxyl groups is 1. The summed E-state index contributed by atoms with van der Waals surface area (Å²) in [5.41, 5.74) is 1.81. The highest BCUT2D eigenvalue weighted by Crippen LogP contribution is 2.25. The van der Waals surface area contributed by atoms with Gasteiger partial charge < -0.3 is 10.0 Å². The minimum Gasteiger partial charge on any atom is -0.508 e. The first-order valence-electron chi connectivity index (χ1n) is 6.75. The molecule has 1 unspecified atom stereocenters. The number of rotatable bonds is 4. The molecular formula is C17H19NO2. The predicted molar refractivity (Wildman–Crippen MR) is 81.0 cm³/mol. The lowest BCUT2D eigenvalue weighted by molar-refractivity contribution is -0.119. The van der Waals surface area contributed by atoms with Crippen LogP contribution in [-0.4, -0.2) is 18.1 Å². The molecule has 1 amide bonds. The van der Waals surface area contributed by atoms with Crippen LogP contribution in [0.5, 0.6) is 5.75 Å². The number of amides is 1. The van der Waals surface area contributed by atoms with Crippen molar-refractivity contribution in [1.82, 2.24) is 0 Å². The van der Waals surface area contributed by atoms with Crippen LogP contribution in [0.1, 0.15) is 24.8 Å². The molecule has 0 aliphatic heterocycles. The van der Waals surface area contributed by atoms with E-state index in [1.165, 1.54) is 0 Å². The summed E-state index contributed by atoms with van der Waals surface area (Å²) in [5, 5.41) is 9.31. The third-order valence-corrected chi connectivity index (χ3v) is 3.48. The second-order valence-electron chi connectivity index (χ2n) is 4.79. The zero-order valence-corrected chi connectivity index (χ0v) is 11.8. The van der Waals surface area contributed by atoms with Crippen LogP contribution in [0.25, 0.3) is 0 Å². The molecule has 3 heteroatoms. The Bertz CT molecular complexity index is 563. The van der Waals surface area contributed by atoms with E-state index in [4.69, 9.17) is 0 Å². The fraction of sp³-hybridized carbons (Fsp3) is 0.235. The van der Waals surface area contributed by atoms with Gasteiger partial charge in [-0.3, -0.25) is 4.79 Å². The maximum Gasteiger partial charge on any atom is 0.234 e. The Balaban J connectivity index is 2.22. The van der Waals surface area contributed by atoms with Crippen LogP contribution in [0.2, 0.25) is 0 Å². The van der Waals surface area contributed by atoms with Crippen LogP contribution < -0.4 is 4.90 Å². The molecule has 0 radical (unpaired) electrons. The van der Waals surface area contributed by atoms with E-state index in [0.717, 1.165) is 17.7 Å². The van der Waals surface area contributed by atoms with E-state index in [2.05, 4.69) is 0 Å². The summed E-state index contributed by atoms with van der Waals surface area (Å²) < 4.78 is 0. The van der Waals surface area contributed by atoms with Gasteiger partial charge in [-0.25, -0.2) is 0 Å². The van der Waals surface area contributed by atoms with Crippen LogP contribution in [0.3, 0.4) is 0 Å². The molecule has 1 atom stereocenters. The number of likely N-dealkylation sites (N-methyl/N-ethyl adjacent to an activating group) is 1. The number of nitrogens with zero attached hydrogens (tertiary/aromatic N) is 1. The monoisotopic (exact) mass is 269 g/mol. The van der Waals surface area contributed by atoms with Gasteiger partial charge in [-0.15, -0.1) is 0 Å². The number of phenols is 1. The third-order valence-electron chi connectivity index (χ3n) is 3.48. The molecule has 0 aliphatic carbocycles. The van der Waals surface area contributed by atoms with Crippen molar-refractivity contribution in [3.05, 3.63) is 60.2 Å². The zero-order chi connectivity index (χ0) is 14.5. The Morgan fingerprint density at radius 3 is 2.25 bits per heavy atom. The van der Waals surface area contributed by atoms with Crippen molar-refractivity contribution in [1.29, 1.82) is 0 Å². The van der Waals surface area contributed by atoms with Gasteiger partial charge in [0.05, 0.1) is 5.92 Å². The molecule has 0 saturated carbocycles. The number of benzene rings is 2. The quantitative estimate of drug-likeness (QED) is 0.922. The lowest BCUT2D eigenvalue weighted by Gasteiger charge is -2.23. The average Bonchev–Trinajstić information content (AvgIpc) is 2.49. The maximum absolute atomic E-state index is 12.6. The predicted octanol–water partition coefficient (Wildman–Crippen LogP) is 3.55. The first kappa shape index (κ1) is 14.1. The van der Waals surface area contributed by atoms with Gasteiger partial charge >= 0.3 is 0 Å². The highest BCUT2D eigenvalue weighted by molar-refractivity contribution is 5.97. The summed E-state index contributed by atoms with van der Waals surface area (Å²) in [4.78, 5) is 14.3. The highest BCUT2D eigenvalue weighted by Gasteiger charge is 2.22. The largest absolute Gasteiger partial charge is 0.508 e. The van der Waals surface area contributed by atoms with E-state index >= 15 is 0 Å². The summed E-state index contributed by atoms with van der Waals surface area (Å²) in [6.45, 7) is 2.01. The Morgan fingerprint density at radius 2 is 1.70 bits per heavy atom. The molecule has 2 rings (SSSR count). The van der Waals surface area contributed by atoms with Crippen molar-refractivity contribution in [2.45, 2.75) is 19.3 Å². The number of carbonyl (C=O) groups is 1. The maximum atomic E-state index is 12.6. The van der Waals surface area contributed by atoms with Gasteiger partial charge in [0.15, 0.2) is 0 Å². The fourth-order valence-electron chi connectivity index (χ4n) is 2.28. The van der Waals surface area contributed by atoms with E-state index in [0.29, 0.717) is 0 Å². The second-order valence-corrected chi connectivity index (χ2v) is 4.79.